The van der Waals surface area contributed by atoms with Crippen LogP contribution in [-0.2, 0) is 0 Å². The molecule has 0 amide bonds. The second-order valence-corrected chi connectivity index (χ2v) is 4.31. The van der Waals surface area contributed by atoms with Gasteiger partial charge in [0.15, 0.2) is 6.29 Å². The summed E-state index contributed by atoms with van der Waals surface area (Å²) in [4.78, 5) is 10.3. The summed E-state index contributed by atoms with van der Waals surface area (Å²) in [7, 11) is 0. The van der Waals surface area contributed by atoms with E-state index in [1.165, 1.54) is 0 Å². The third-order valence-electron chi connectivity index (χ3n) is 2.34. The van der Waals surface area contributed by atoms with Crippen molar-refractivity contribution in [1.29, 1.82) is 0 Å². The Morgan fingerprint density at radius 3 is 2.53 bits per heavy atom. The van der Waals surface area contributed by atoms with E-state index in [1.807, 2.05) is 36.4 Å². The first-order chi connectivity index (χ1) is 7.24. The molecule has 3 heteroatoms. The second-order valence-electron chi connectivity index (χ2n) is 3.21. The van der Waals surface area contributed by atoms with E-state index in [0.29, 0.717) is 11.1 Å². The predicted octanol–water partition coefficient (Wildman–Crippen LogP) is 4.08. The van der Waals surface area contributed by atoms with Gasteiger partial charge in [-0.2, -0.15) is 0 Å². The van der Waals surface area contributed by atoms with E-state index < -0.39 is 4.84 Å². The van der Waals surface area contributed by atoms with Crippen LogP contribution in [0.25, 0.3) is 11.1 Å². The minimum absolute atomic E-state index is 0.580. The second kappa shape index (κ2) is 4.21. The zero-order chi connectivity index (χ0) is 10.8. The number of carbonyl (C=O) groups is 1. The zero-order valence-electron chi connectivity index (χ0n) is 7.78. The molecule has 0 fully saturated rings. The molecule has 0 radical (unpaired) electrons. The average Bonchev–Trinajstić information content (AvgIpc) is 2.40. The lowest BCUT2D eigenvalue weighted by Crippen LogP contribution is -1.85. The van der Waals surface area contributed by atoms with Gasteiger partial charge >= 0.3 is 0 Å². The van der Waals surface area contributed by atoms with Gasteiger partial charge in [-0.3, -0.25) is 4.79 Å². The monoisotopic (exact) mass is 238 g/mol. The number of aldehydes is 1. The van der Waals surface area contributed by atoms with Gasteiger partial charge in [0, 0.05) is 5.56 Å². The van der Waals surface area contributed by atoms with Gasteiger partial charge in [0.1, 0.15) is 4.84 Å². The first-order valence-electron chi connectivity index (χ1n) is 4.49. The molecule has 0 unspecified atom stereocenters. The van der Waals surface area contributed by atoms with Gasteiger partial charge in [-0.15, -0.1) is 23.2 Å². The van der Waals surface area contributed by atoms with E-state index in [0.717, 1.165) is 17.4 Å². The zero-order valence-corrected chi connectivity index (χ0v) is 9.29. The van der Waals surface area contributed by atoms with E-state index in [1.54, 1.807) is 0 Å². The number of fused-ring (bicyclic) bond motifs is 1. The molecule has 0 N–H and O–H groups in total. The third-order valence-corrected chi connectivity index (χ3v) is 2.81. The van der Waals surface area contributed by atoms with Crippen LogP contribution >= 0.6 is 23.2 Å². The van der Waals surface area contributed by atoms with Crippen molar-refractivity contribution in [2.75, 3.05) is 0 Å². The van der Waals surface area contributed by atoms with E-state index in [2.05, 4.69) is 0 Å². The molecule has 2 aliphatic carbocycles. The molecule has 0 heterocycles. The maximum atomic E-state index is 11.0. The molecule has 0 saturated heterocycles. The third kappa shape index (κ3) is 1.85. The molecule has 0 bridgehead atoms. The van der Waals surface area contributed by atoms with Crippen molar-refractivity contribution in [3.63, 3.8) is 0 Å². The highest BCUT2D eigenvalue weighted by Gasteiger charge is 2.18. The van der Waals surface area contributed by atoms with Crippen molar-refractivity contribution in [2.24, 2.45) is 0 Å². The fourth-order valence-corrected chi connectivity index (χ4v) is 2.01. The molecular formula is C12H8Cl2O. The Kier molecular flexibility index (Phi) is 2.94. The van der Waals surface area contributed by atoms with Gasteiger partial charge in [-0.25, -0.2) is 0 Å². The number of alkyl halides is 2. The van der Waals surface area contributed by atoms with Gasteiger partial charge in [-0.05, 0) is 22.8 Å². The number of carbonyl (C=O) groups excluding carboxylic acids is 1. The van der Waals surface area contributed by atoms with Crippen LogP contribution in [0.15, 0.2) is 36.4 Å². The summed E-state index contributed by atoms with van der Waals surface area (Å²) in [6, 6.07) is 11.4. The van der Waals surface area contributed by atoms with Gasteiger partial charge in [0.25, 0.3) is 0 Å². The van der Waals surface area contributed by atoms with Crippen molar-refractivity contribution in [3.05, 3.63) is 47.5 Å². The highest BCUT2D eigenvalue weighted by Crippen LogP contribution is 2.37. The maximum absolute atomic E-state index is 11.0. The van der Waals surface area contributed by atoms with Crippen LogP contribution in [0.2, 0.25) is 0 Å². The quantitative estimate of drug-likeness (QED) is 0.570. The molecule has 0 aromatic heterocycles. The smallest absolute Gasteiger partial charge is 0.151 e. The summed E-state index contributed by atoms with van der Waals surface area (Å²) in [6.07, 6.45) is 0.801. The number of hydrogen-bond acceptors (Lipinski definition) is 1. The summed E-state index contributed by atoms with van der Waals surface area (Å²) in [5.74, 6) is 0. The Hall–Kier alpha value is -1.05. The van der Waals surface area contributed by atoms with E-state index in [9.17, 15) is 4.79 Å². The van der Waals surface area contributed by atoms with Crippen LogP contribution in [0.3, 0.4) is 0 Å². The van der Waals surface area contributed by atoms with Gasteiger partial charge < -0.3 is 0 Å². The van der Waals surface area contributed by atoms with E-state index >= 15 is 0 Å². The Morgan fingerprint density at radius 2 is 1.87 bits per heavy atom. The molecule has 0 aromatic carbocycles. The Balaban J connectivity index is 2.74. The first-order valence-corrected chi connectivity index (χ1v) is 5.36. The highest BCUT2D eigenvalue weighted by molar-refractivity contribution is 6.44. The largest absolute Gasteiger partial charge is 0.298 e. The fourth-order valence-electron chi connectivity index (χ4n) is 1.65. The van der Waals surface area contributed by atoms with Gasteiger partial charge in [0.05, 0.1) is 0 Å². The lowest BCUT2D eigenvalue weighted by Gasteiger charge is -1.98. The first kappa shape index (κ1) is 10.5. The lowest BCUT2D eigenvalue weighted by molar-refractivity contribution is 0.112. The Bertz CT molecular complexity index is 465. The van der Waals surface area contributed by atoms with Crippen LogP contribution in [-0.4, -0.2) is 6.29 Å². The van der Waals surface area contributed by atoms with Crippen molar-refractivity contribution < 1.29 is 4.79 Å². The molecule has 0 spiro atoms. The van der Waals surface area contributed by atoms with Crippen LogP contribution in [0, 0.1) is 0 Å². The van der Waals surface area contributed by atoms with Crippen molar-refractivity contribution in [2.45, 2.75) is 4.84 Å². The summed E-state index contributed by atoms with van der Waals surface area (Å²) >= 11 is 11.6. The fraction of sp³-hybridized carbons (Fsp3) is 0.0833. The average molecular weight is 239 g/mol. The molecule has 2 aliphatic rings. The molecule has 0 atom stereocenters. The molecule has 1 nitrogen and oxygen atoms in total. The van der Waals surface area contributed by atoms with Crippen molar-refractivity contribution >= 4 is 29.5 Å². The van der Waals surface area contributed by atoms with E-state index in [-0.39, 0.29) is 0 Å². The summed E-state index contributed by atoms with van der Waals surface area (Å²) < 4.78 is 0. The summed E-state index contributed by atoms with van der Waals surface area (Å²) in [5.41, 5.74) is 3.12. The lowest BCUT2D eigenvalue weighted by atomic mass is 10.1. The van der Waals surface area contributed by atoms with Crippen LogP contribution in [0.4, 0.5) is 0 Å². The SMILES string of the molecule is O=Cc1c2cccccc-2cc1C(Cl)Cl. The molecule has 76 valence electrons. The van der Waals surface area contributed by atoms with Gasteiger partial charge in [0.2, 0.25) is 0 Å². The molecule has 2 rings (SSSR count). The Labute approximate surface area is 98.0 Å². The van der Waals surface area contributed by atoms with E-state index in [4.69, 9.17) is 23.2 Å². The molecule has 0 aromatic rings. The van der Waals surface area contributed by atoms with Crippen molar-refractivity contribution in [1.82, 2.24) is 0 Å². The standard InChI is InChI=1S/C12H8Cl2O/c13-12(14)10-6-8-4-2-1-3-5-9(8)11(10)7-15/h1-7,12H. The highest BCUT2D eigenvalue weighted by atomic mass is 35.5. The minimum Gasteiger partial charge on any atom is -0.298 e. The topological polar surface area (TPSA) is 17.1 Å². The molecular weight excluding hydrogens is 231 g/mol. The number of halogens is 2. The molecule has 15 heavy (non-hydrogen) atoms. The minimum atomic E-state index is -0.664. The van der Waals surface area contributed by atoms with Gasteiger partial charge in [-0.1, -0.05) is 30.3 Å². The molecule has 0 saturated carbocycles. The predicted molar refractivity (Wildman–Crippen MR) is 62.9 cm³/mol. The van der Waals surface area contributed by atoms with Crippen LogP contribution < -0.4 is 0 Å². The van der Waals surface area contributed by atoms with Crippen LogP contribution in [0.5, 0.6) is 0 Å². The molecule has 0 aliphatic heterocycles. The van der Waals surface area contributed by atoms with Crippen molar-refractivity contribution in [3.8, 4) is 11.1 Å². The number of hydrogen-bond donors (Lipinski definition) is 0. The van der Waals surface area contributed by atoms with Crippen LogP contribution in [0.1, 0.15) is 20.8 Å². The normalized spacial score (nSPS) is 10.9. The Morgan fingerprint density at radius 1 is 1.13 bits per heavy atom. The maximum Gasteiger partial charge on any atom is 0.151 e. The summed E-state index contributed by atoms with van der Waals surface area (Å²) in [6.45, 7) is 0. The number of rotatable bonds is 2. The summed E-state index contributed by atoms with van der Waals surface area (Å²) in [5, 5.41) is 0.